The van der Waals surface area contributed by atoms with Gasteiger partial charge in [-0.05, 0) is 86.6 Å². The van der Waals surface area contributed by atoms with Crippen molar-refractivity contribution in [2.45, 2.75) is 70.0 Å². The molecule has 0 N–H and O–H groups in total. The lowest BCUT2D eigenvalue weighted by Gasteiger charge is -2.32. The molecule has 200 valence electrons. The van der Waals surface area contributed by atoms with Crippen molar-refractivity contribution in [3.8, 4) is 11.3 Å². The Kier molecular flexibility index (Phi) is 6.40. The molecule has 1 atom stereocenters. The third kappa shape index (κ3) is 4.31. The highest BCUT2D eigenvalue weighted by molar-refractivity contribution is 5.99. The summed E-state index contributed by atoms with van der Waals surface area (Å²) in [6.45, 7) is 2.14. The van der Waals surface area contributed by atoms with Gasteiger partial charge in [0.05, 0.1) is 24.4 Å². The van der Waals surface area contributed by atoms with E-state index in [0.717, 1.165) is 60.0 Å². The number of rotatable bonds is 3. The zero-order chi connectivity index (χ0) is 27.1. The van der Waals surface area contributed by atoms with Crippen LogP contribution in [0.1, 0.15) is 73.7 Å². The van der Waals surface area contributed by atoms with Crippen molar-refractivity contribution >= 4 is 22.8 Å². The summed E-state index contributed by atoms with van der Waals surface area (Å²) in [5.41, 5.74) is 5.57. The molecule has 2 aliphatic heterocycles. The summed E-state index contributed by atoms with van der Waals surface area (Å²) in [5, 5.41) is 1.12. The van der Waals surface area contributed by atoms with Gasteiger partial charge in [0.15, 0.2) is 0 Å². The first-order chi connectivity index (χ1) is 19.0. The summed E-state index contributed by atoms with van der Waals surface area (Å²) >= 11 is 0. The molecule has 1 saturated carbocycles. The number of aromatic nitrogens is 1. The van der Waals surface area contributed by atoms with Gasteiger partial charge in [0, 0.05) is 37.5 Å². The van der Waals surface area contributed by atoms with Crippen LogP contribution in [-0.4, -0.2) is 59.5 Å². The molecule has 6 nitrogen and oxygen atoms in total. The van der Waals surface area contributed by atoms with E-state index in [1.807, 2.05) is 34.1 Å². The summed E-state index contributed by atoms with van der Waals surface area (Å²) in [7, 11) is 1.49. The molecule has 3 heterocycles. The Morgan fingerprint density at radius 2 is 1.84 bits per heavy atom. The summed E-state index contributed by atoms with van der Waals surface area (Å²) in [6.07, 6.45) is 7.48. The number of benzene rings is 2. The highest BCUT2D eigenvalue weighted by Crippen LogP contribution is 2.46. The van der Waals surface area contributed by atoms with E-state index in [4.69, 9.17) is 6.11 Å². The lowest BCUT2D eigenvalue weighted by Crippen LogP contribution is -2.45. The average molecular weight is 519 g/mol. The van der Waals surface area contributed by atoms with Crippen LogP contribution in [0.15, 0.2) is 36.4 Å². The number of methoxy groups -OCH3 is 1. The Morgan fingerprint density at radius 3 is 2.63 bits per heavy atom. The maximum absolute atomic E-state index is 14.7. The number of ether oxygens (including phenoxy) is 1. The molecule has 3 aromatic rings. The van der Waals surface area contributed by atoms with Gasteiger partial charge in [0.2, 0.25) is 5.91 Å². The van der Waals surface area contributed by atoms with Crippen molar-refractivity contribution in [2.75, 3.05) is 27.2 Å². The van der Waals surface area contributed by atoms with Gasteiger partial charge in [0.25, 0.3) is 0 Å². The summed E-state index contributed by atoms with van der Waals surface area (Å²) < 4.78 is 29.9. The number of fused-ring (bicyclic) bond motifs is 5. The number of likely N-dealkylation sites (tertiary alicyclic amines) is 1. The molecule has 1 aromatic heterocycles. The second kappa shape index (κ2) is 10.2. The normalized spacial score (nSPS) is 20.9. The number of hydrogen-bond acceptors (Lipinski definition) is 4. The van der Waals surface area contributed by atoms with Crippen LogP contribution in [0.2, 0.25) is 0 Å². The summed E-state index contributed by atoms with van der Waals surface area (Å²) in [4.78, 5) is 30.0. The van der Waals surface area contributed by atoms with Gasteiger partial charge in [-0.3, -0.25) is 9.69 Å². The SMILES string of the molecule is [2H]CN1CCC[C@H]1C(=O)N1CCn2c(c(C3CCCCC3)c3ccc(C(=O)OC)cc32)-c2ccc(F)cc2C1. The van der Waals surface area contributed by atoms with Crippen LogP contribution in [0.25, 0.3) is 22.2 Å². The van der Waals surface area contributed by atoms with Crippen molar-refractivity contribution in [1.82, 2.24) is 14.4 Å². The maximum Gasteiger partial charge on any atom is 0.337 e. The lowest BCUT2D eigenvalue weighted by atomic mass is 9.81. The van der Waals surface area contributed by atoms with Crippen molar-refractivity contribution in [1.29, 1.82) is 0 Å². The third-order valence-corrected chi connectivity index (χ3v) is 8.78. The summed E-state index contributed by atoms with van der Waals surface area (Å²) in [5.74, 6) is -0.294. The molecule has 7 heteroatoms. The predicted octanol–water partition coefficient (Wildman–Crippen LogP) is 5.72. The van der Waals surface area contributed by atoms with Gasteiger partial charge < -0.3 is 14.2 Å². The van der Waals surface area contributed by atoms with E-state index in [-0.39, 0.29) is 30.8 Å². The molecule has 0 unspecified atom stereocenters. The standard InChI is InChI=1S/C31H36FN3O3/c1-33-14-6-9-26(33)30(36)34-15-16-35-27-18-21(31(37)38-2)10-12-25(27)28(20-7-4-3-5-8-20)29(35)24-13-11-23(32)17-22(24)19-34/h10-13,17-18,20,26H,3-9,14-16,19H2,1-2H3/t26-/m0/s1/i1D. The van der Waals surface area contributed by atoms with Gasteiger partial charge in [-0.1, -0.05) is 25.3 Å². The maximum atomic E-state index is 14.7. The minimum Gasteiger partial charge on any atom is -0.465 e. The van der Waals surface area contributed by atoms with Crippen LogP contribution in [0.4, 0.5) is 4.39 Å². The van der Waals surface area contributed by atoms with Gasteiger partial charge in [0.1, 0.15) is 5.82 Å². The molecule has 2 aromatic carbocycles. The number of carbonyl (C=O) groups is 2. The van der Waals surface area contributed by atoms with Crippen LogP contribution in [-0.2, 0) is 22.6 Å². The largest absolute Gasteiger partial charge is 0.465 e. The highest BCUT2D eigenvalue weighted by atomic mass is 19.1. The van der Waals surface area contributed by atoms with Gasteiger partial charge in [-0.25, -0.2) is 9.18 Å². The minimum absolute atomic E-state index is 0.0117. The van der Waals surface area contributed by atoms with Crippen LogP contribution >= 0.6 is 0 Å². The Hall–Kier alpha value is -3.19. The summed E-state index contributed by atoms with van der Waals surface area (Å²) in [6, 6.07) is 10.4. The fraction of sp³-hybridized carbons (Fsp3) is 0.484. The van der Waals surface area contributed by atoms with Gasteiger partial charge in [-0.15, -0.1) is 0 Å². The van der Waals surface area contributed by atoms with Crippen molar-refractivity contribution in [3.05, 3.63) is 58.9 Å². The van der Waals surface area contributed by atoms with E-state index in [9.17, 15) is 14.0 Å². The fourth-order valence-electron chi connectivity index (χ4n) is 6.88. The molecular weight excluding hydrogens is 481 g/mol. The number of nitrogens with zero attached hydrogens (tertiary/aromatic N) is 3. The van der Waals surface area contributed by atoms with E-state index in [0.29, 0.717) is 31.1 Å². The molecule has 6 rings (SSSR count). The van der Waals surface area contributed by atoms with E-state index in [2.05, 4.69) is 4.57 Å². The molecule has 1 aliphatic carbocycles. The number of likely N-dealkylation sites (N-methyl/N-ethyl adjacent to an activating group) is 1. The smallest absolute Gasteiger partial charge is 0.337 e. The van der Waals surface area contributed by atoms with E-state index >= 15 is 0 Å². The first-order valence-electron chi connectivity index (χ1n) is 14.6. The zero-order valence-electron chi connectivity index (χ0n) is 23.0. The molecule has 2 fully saturated rings. The number of carbonyl (C=O) groups excluding carboxylic acids is 2. The van der Waals surface area contributed by atoms with Crippen molar-refractivity contribution < 1.29 is 20.1 Å². The third-order valence-electron chi connectivity index (χ3n) is 8.78. The Balaban J connectivity index is 1.53. The Labute approximate surface area is 224 Å². The van der Waals surface area contributed by atoms with Crippen LogP contribution in [0, 0.1) is 5.82 Å². The number of amides is 1. The van der Waals surface area contributed by atoms with E-state index < -0.39 is 0 Å². The van der Waals surface area contributed by atoms with Crippen molar-refractivity contribution in [2.24, 2.45) is 0 Å². The molecule has 1 saturated heterocycles. The van der Waals surface area contributed by atoms with Crippen LogP contribution in [0.3, 0.4) is 0 Å². The molecule has 0 bridgehead atoms. The highest BCUT2D eigenvalue weighted by Gasteiger charge is 2.34. The number of hydrogen-bond donors (Lipinski definition) is 0. The molecule has 1 amide bonds. The molecule has 0 radical (unpaired) electrons. The van der Waals surface area contributed by atoms with Gasteiger partial charge in [-0.2, -0.15) is 0 Å². The minimum atomic E-state index is -0.381. The lowest BCUT2D eigenvalue weighted by molar-refractivity contribution is -0.136. The first kappa shape index (κ1) is 23.9. The topological polar surface area (TPSA) is 54.8 Å². The van der Waals surface area contributed by atoms with Crippen LogP contribution < -0.4 is 0 Å². The Morgan fingerprint density at radius 1 is 1.00 bits per heavy atom. The predicted molar refractivity (Wildman–Crippen MR) is 146 cm³/mol. The van der Waals surface area contributed by atoms with E-state index in [1.165, 1.54) is 38.0 Å². The molecular formula is C31H36FN3O3. The van der Waals surface area contributed by atoms with E-state index in [1.54, 1.807) is 6.07 Å². The second-order valence-electron chi connectivity index (χ2n) is 11.0. The molecule has 38 heavy (non-hydrogen) atoms. The Bertz CT molecular complexity index is 1410. The average Bonchev–Trinajstić information content (AvgIpc) is 3.56. The fourth-order valence-corrected chi connectivity index (χ4v) is 6.88. The number of esters is 1. The quantitative estimate of drug-likeness (QED) is 0.417. The molecule has 3 aliphatic rings. The van der Waals surface area contributed by atoms with Crippen LogP contribution in [0.5, 0.6) is 0 Å². The first-order valence-corrected chi connectivity index (χ1v) is 13.9. The monoisotopic (exact) mass is 518 g/mol. The van der Waals surface area contributed by atoms with Gasteiger partial charge >= 0.3 is 5.97 Å². The van der Waals surface area contributed by atoms with Crippen molar-refractivity contribution in [3.63, 3.8) is 0 Å². The number of halogens is 1. The zero-order valence-corrected chi connectivity index (χ0v) is 22.0. The second-order valence-corrected chi connectivity index (χ2v) is 11.0. The molecule has 0 spiro atoms.